The van der Waals surface area contributed by atoms with Gasteiger partial charge < -0.3 is 14.2 Å². The van der Waals surface area contributed by atoms with E-state index in [2.05, 4.69) is 4.72 Å². The summed E-state index contributed by atoms with van der Waals surface area (Å²) in [6.07, 6.45) is 0. The molecular formula is C21H26N2O6S. The van der Waals surface area contributed by atoms with Crippen molar-refractivity contribution < 1.29 is 27.4 Å². The number of methoxy groups -OCH3 is 1. The van der Waals surface area contributed by atoms with Crippen LogP contribution in [0.2, 0.25) is 0 Å². The maximum atomic E-state index is 12.7. The van der Waals surface area contributed by atoms with Crippen LogP contribution in [0, 0.1) is 0 Å². The summed E-state index contributed by atoms with van der Waals surface area (Å²) >= 11 is 0. The molecule has 9 heteroatoms. The number of benzene rings is 2. The van der Waals surface area contributed by atoms with E-state index in [1.807, 2.05) is 35.2 Å². The SMILES string of the molecule is COC(=O)[C@H](CNS(=O)(=O)c1ccc(OCc2ccccc2)cc1)N1CCOCC1. The summed E-state index contributed by atoms with van der Waals surface area (Å²) in [5.41, 5.74) is 1.02. The van der Waals surface area contributed by atoms with Crippen molar-refractivity contribution in [1.82, 2.24) is 9.62 Å². The maximum Gasteiger partial charge on any atom is 0.324 e. The van der Waals surface area contributed by atoms with Gasteiger partial charge in [-0.2, -0.15) is 0 Å². The number of carbonyl (C=O) groups excluding carboxylic acids is 1. The fourth-order valence-electron chi connectivity index (χ4n) is 3.11. The molecule has 1 heterocycles. The molecule has 0 aliphatic carbocycles. The molecule has 0 amide bonds. The fraction of sp³-hybridized carbons (Fsp3) is 0.381. The van der Waals surface area contributed by atoms with E-state index in [0.717, 1.165) is 5.56 Å². The van der Waals surface area contributed by atoms with Crippen molar-refractivity contribution in [3.8, 4) is 5.75 Å². The van der Waals surface area contributed by atoms with Crippen LogP contribution in [0.1, 0.15) is 5.56 Å². The Morgan fingerprint density at radius 3 is 2.40 bits per heavy atom. The molecule has 0 saturated carbocycles. The van der Waals surface area contributed by atoms with Crippen LogP contribution < -0.4 is 9.46 Å². The number of hydrogen-bond donors (Lipinski definition) is 1. The van der Waals surface area contributed by atoms with E-state index in [1.54, 1.807) is 12.1 Å². The van der Waals surface area contributed by atoms with Crippen LogP contribution in [0.3, 0.4) is 0 Å². The maximum absolute atomic E-state index is 12.7. The van der Waals surface area contributed by atoms with Crippen LogP contribution in [0.4, 0.5) is 0 Å². The van der Waals surface area contributed by atoms with Crippen LogP contribution in [0.5, 0.6) is 5.75 Å². The van der Waals surface area contributed by atoms with Gasteiger partial charge in [-0.05, 0) is 29.8 Å². The van der Waals surface area contributed by atoms with Crippen molar-refractivity contribution in [2.75, 3.05) is 40.0 Å². The zero-order valence-corrected chi connectivity index (χ0v) is 17.6. The lowest BCUT2D eigenvalue weighted by Gasteiger charge is -2.32. The zero-order chi connectivity index (χ0) is 21.4. The number of carbonyl (C=O) groups is 1. The minimum atomic E-state index is -3.79. The molecule has 0 radical (unpaired) electrons. The predicted molar refractivity (Wildman–Crippen MR) is 111 cm³/mol. The molecule has 0 bridgehead atoms. The van der Waals surface area contributed by atoms with Gasteiger partial charge in [0.25, 0.3) is 0 Å². The van der Waals surface area contributed by atoms with Crippen molar-refractivity contribution >= 4 is 16.0 Å². The van der Waals surface area contributed by atoms with Crippen molar-refractivity contribution in [2.45, 2.75) is 17.5 Å². The Hall–Kier alpha value is -2.46. The van der Waals surface area contributed by atoms with Crippen molar-refractivity contribution in [1.29, 1.82) is 0 Å². The van der Waals surface area contributed by atoms with Gasteiger partial charge in [0.15, 0.2) is 0 Å². The summed E-state index contributed by atoms with van der Waals surface area (Å²) in [6.45, 7) is 2.37. The van der Waals surface area contributed by atoms with E-state index in [1.165, 1.54) is 19.2 Å². The third-order valence-corrected chi connectivity index (χ3v) is 6.25. The molecule has 1 aliphatic heterocycles. The number of morpholine rings is 1. The number of nitrogens with one attached hydrogen (secondary N) is 1. The van der Waals surface area contributed by atoms with Gasteiger partial charge in [-0.15, -0.1) is 0 Å². The lowest BCUT2D eigenvalue weighted by atomic mass is 10.2. The number of ether oxygens (including phenoxy) is 3. The largest absolute Gasteiger partial charge is 0.489 e. The molecule has 0 unspecified atom stereocenters. The Morgan fingerprint density at radius 2 is 1.77 bits per heavy atom. The molecule has 8 nitrogen and oxygen atoms in total. The monoisotopic (exact) mass is 434 g/mol. The molecule has 1 aliphatic rings. The van der Waals surface area contributed by atoms with E-state index in [0.29, 0.717) is 38.7 Å². The molecule has 1 fully saturated rings. The Labute approximate surface area is 176 Å². The molecule has 1 atom stereocenters. The van der Waals surface area contributed by atoms with Gasteiger partial charge >= 0.3 is 5.97 Å². The lowest BCUT2D eigenvalue weighted by molar-refractivity contribution is -0.148. The van der Waals surface area contributed by atoms with Crippen molar-refractivity contribution in [3.63, 3.8) is 0 Å². The van der Waals surface area contributed by atoms with Gasteiger partial charge in [0.05, 0.1) is 25.2 Å². The molecule has 1 N–H and O–H groups in total. The van der Waals surface area contributed by atoms with Gasteiger partial charge in [0, 0.05) is 19.6 Å². The van der Waals surface area contributed by atoms with E-state index >= 15 is 0 Å². The highest BCUT2D eigenvalue weighted by atomic mass is 32.2. The molecule has 30 heavy (non-hydrogen) atoms. The smallest absolute Gasteiger partial charge is 0.324 e. The second-order valence-electron chi connectivity index (χ2n) is 6.78. The van der Waals surface area contributed by atoms with Crippen molar-refractivity contribution in [2.24, 2.45) is 0 Å². The van der Waals surface area contributed by atoms with E-state index in [9.17, 15) is 13.2 Å². The minimum absolute atomic E-state index is 0.0821. The fourth-order valence-corrected chi connectivity index (χ4v) is 4.15. The van der Waals surface area contributed by atoms with Crippen molar-refractivity contribution in [3.05, 3.63) is 60.2 Å². The summed E-state index contributed by atoms with van der Waals surface area (Å²) in [5.74, 6) is 0.0859. The second-order valence-corrected chi connectivity index (χ2v) is 8.55. The van der Waals surface area contributed by atoms with Gasteiger partial charge in [-0.3, -0.25) is 9.69 Å². The van der Waals surface area contributed by atoms with Crippen LogP contribution in [-0.4, -0.2) is 65.3 Å². The van der Waals surface area contributed by atoms with Gasteiger partial charge in [-0.1, -0.05) is 30.3 Å². The highest BCUT2D eigenvalue weighted by molar-refractivity contribution is 7.89. The molecular weight excluding hydrogens is 408 g/mol. The van der Waals surface area contributed by atoms with Crippen LogP contribution in [0.15, 0.2) is 59.5 Å². The normalized spacial score (nSPS) is 16.0. The Kier molecular flexibility index (Phi) is 7.81. The summed E-state index contributed by atoms with van der Waals surface area (Å²) in [7, 11) is -2.50. The van der Waals surface area contributed by atoms with Gasteiger partial charge in [0.2, 0.25) is 10.0 Å². The lowest BCUT2D eigenvalue weighted by Crippen LogP contribution is -2.52. The first-order valence-electron chi connectivity index (χ1n) is 9.65. The summed E-state index contributed by atoms with van der Waals surface area (Å²) < 4.78 is 43.7. The Bertz CT molecular complexity index is 912. The van der Waals surface area contributed by atoms with E-state index < -0.39 is 22.0 Å². The average molecular weight is 435 g/mol. The summed E-state index contributed by atoms with van der Waals surface area (Å²) in [5, 5.41) is 0. The Balaban J connectivity index is 1.60. The number of hydrogen-bond acceptors (Lipinski definition) is 7. The zero-order valence-electron chi connectivity index (χ0n) is 16.8. The topological polar surface area (TPSA) is 94.2 Å². The third-order valence-electron chi connectivity index (χ3n) is 4.81. The molecule has 0 spiro atoms. The average Bonchev–Trinajstić information content (AvgIpc) is 2.79. The standard InChI is InChI=1S/C21H26N2O6S/c1-27-21(24)20(23-11-13-28-14-12-23)15-22-30(25,26)19-9-7-18(8-10-19)29-16-17-5-3-2-4-6-17/h2-10,20,22H,11-16H2,1H3/t20-/m0/s1. The highest BCUT2D eigenvalue weighted by Crippen LogP contribution is 2.17. The first kappa shape index (κ1) is 22.2. The molecule has 2 aromatic carbocycles. The number of sulfonamides is 1. The van der Waals surface area contributed by atoms with Crippen LogP contribution in [-0.2, 0) is 30.9 Å². The number of esters is 1. The first-order chi connectivity index (χ1) is 14.5. The van der Waals surface area contributed by atoms with E-state index in [-0.39, 0.29) is 11.4 Å². The molecule has 2 aromatic rings. The molecule has 162 valence electrons. The molecule has 0 aromatic heterocycles. The third kappa shape index (κ3) is 6.02. The minimum Gasteiger partial charge on any atom is -0.489 e. The van der Waals surface area contributed by atoms with Crippen LogP contribution >= 0.6 is 0 Å². The summed E-state index contributed by atoms with van der Waals surface area (Å²) in [6, 6.07) is 15.2. The number of nitrogens with zero attached hydrogens (tertiary/aromatic N) is 1. The first-order valence-corrected chi connectivity index (χ1v) is 11.1. The molecule has 3 rings (SSSR count). The van der Waals surface area contributed by atoms with Crippen LogP contribution in [0.25, 0.3) is 0 Å². The Morgan fingerprint density at radius 1 is 1.10 bits per heavy atom. The second kappa shape index (κ2) is 10.5. The molecule has 1 saturated heterocycles. The predicted octanol–water partition coefficient (Wildman–Crippen LogP) is 1.42. The van der Waals surface area contributed by atoms with Gasteiger partial charge in [-0.25, -0.2) is 13.1 Å². The number of rotatable bonds is 9. The highest BCUT2D eigenvalue weighted by Gasteiger charge is 2.30. The van der Waals surface area contributed by atoms with Gasteiger partial charge in [0.1, 0.15) is 18.4 Å². The van der Waals surface area contributed by atoms with E-state index in [4.69, 9.17) is 14.2 Å². The quantitative estimate of drug-likeness (QED) is 0.597. The summed E-state index contributed by atoms with van der Waals surface area (Å²) in [4.78, 5) is 14.1.